The van der Waals surface area contributed by atoms with E-state index in [1.165, 1.54) is 18.2 Å². The molecule has 0 spiro atoms. The van der Waals surface area contributed by atoms with Crippen molar-refractivity contribution in [3.8, 4) is 0 Å². The monoisotopic (exact) mass is 226 g/mol. The molecule has 0 aliphatic rings. The molecule has 1 atom stereocenters. The average molecular weight is 226 g/mol. The fourth-order valence-corrected chi connectivity index (χ4v) is 1.20. The van der Waals surface area contributed by atoms with Crippen molar-refractivity contribution in [1.82, 2.24) is 5.32 Å². The maximum absolute atomic E-state index is 12.8. The first-order valence-corrected chi connectivity index (χ1v) is 4.97. The van der Waals surface area contributed by atoms with Crippen molar-refractivity contribution in [2.75, 3.05) is 11.9 Å². The van der Waals surface area contributed by atoms with E-state index in [9.17, 15) is 9.18 Å². The molecule has 0 bridgehead atoms. The molecule has 0 saturated heterocycles. The van der Waals surface area contributed by atoms with Crippen molar-refractivity contribution in [1.29, 1.82) is 0 Å². The van der Waals surface area contributed by atoms with Gasteiger partial charge in [0.25, 0.3) is 0 Å². The van der Waals surface area contributed by atoms with Crippen LogP contribution in [0.4, 0.5) is 14.9 Å². The van der Waals surface area contributed by atoms with Gasteiger partial charge in [-0.25, -0.2) is 9.18 Å². The molecule has 0 unspecified atom stereocenters. The normalized spacial score (nSPS) is 12.0. The fourth-order valence-electron chi connectivity index (χ4n) is 1.20. The third-order valence-corrected chi connectivity index (χ3v) is 2.09. The number of carbonyl (C=O) groups is 1. The maximum Gasteiger partial charge on any atom is 0.319 e. The van der Waals surface area contributed by atoms with Gasteiger partial charge in [-0.15, -0.1) is 0 Å². The highest BCUT2D eigenvalue weighted by Gasteiger charge is 2.07. The number of amides is 2. The minimum absolute atomic E-state index is 0.129. The number of rotatable bonds is 3. The molecule has 5 heteroatoms. The summed E-state index contributed by atoms with van der Waals surface area (Å²) in [6.45, 7) is 3.25. The lowest BCUT2D eigenvalue weighted by molar-refractivity contribution is 0.229. The van der Waals surface area contributed by atoms with E-state index in [2.05, 4.69) is 10.6 Å². The number of hydrogen-bond donors (Lipinski definition) is 3. The first kappa shape index (κ1) is 12.4. The topological polar surface area (TPSA) is 61.4 Å². The molecule has 0 heterocycles. The zero-order chi connectivity index (χ0) is 12.1. The molecule has 0 radical (unpaired) electrons. The van der Waals surface area contributed by atoms with Gasteiger partial charge in [0.05, 0.1) is 12.6 Å². The summed E-state index contributed by atoms with van der Waals surface area (Å²) < 4.78 is 12.8. The smallest absolute Gasteiger partial charge is 0.319 e. The van der Waals surface area contributed by atoms with Gasteiger partial charge in [-0.05, 0) is 37.6 Å². The number of carbonyl (C=O) groups excluding carboxylic acids is 1. The number of nitrogens with one attached hydrogen (secondary N) is 2. The molecule has 0 aliphatic carbocycles. The highest BCUT2D eigenvalue weighted by atomic mass is 19.1. The summed E-state index contributed by atoms with van der Waals surface area (Å²) in [6.07, 6.45) is 0. The van der Waals surface area contributed by atoms with Crippen LogP contribution in [-0.2, 0) is 0 Å². The van der Waals surface area contributed by atoms with Gasteiger partial charge in [-0.2, -0.15) is 0 Å². The number of aryl methyl sites for hydroxylation is 1. The molecule has 1 rings (SSSR count). The predicted molar refractivity (Wildman–Crippen MR) is 59.8 cm³/mol. The van der Waals surface area contributed by atoms with E-state index in [0.717, 1.165) is 0 Å². The van der Waals surface area contributed by atoms with Gasteiger partial charge in [-0.3, -0.25) is 0 Å². The summed E-state index contributed by atoms with van der Waals surface area (Å²) in [5.74, 6) is -0.341. The number of anilines is 1. The van der Waals surface area contributed by atoms with Gasteiger partial charge >= 0.3 is 6.03 Å². The number of aliphatic hydroxyl groups excluding tert-OH is 1. The van der Waals surface area contributed by atoms with E-state index in [1.807, 2.05) is 0 Å². The van der Waals surface area contributed by atoms with E-state index in [-0.39, 0.29) is 18.5 Å². The predicted octanol–water partition coefficient (Wildman–Crippen LogP) is 1.64. The molecular weight excluding hydrogens is 211 g/mol. The third-order valence-electron chi connectivity index (χ3n) is 2.09. The first-order chi connectivity index (χ1) is 7.52. The summed E-state index contributed by atoms with van der Waals surface area (Å²) >= 11 is 0. The van der Waals surface area contributed by atoms with Gasteiger partial charge in [0.1, 0.15) is 5.82 Å². The standard InChI is InChI=1S/C11H15FN2O2/c1-7-5-9(12)3-4-10(7)14-11(16)13-8(2)6-15/h3-5,8,15H,6H2,1-2H3,(H2,13,14,16)/t8-/m0/s1. The molecular formula is C11H15FN2O2. The van der Waals surface area contributed by atoms with Crippen molar-refractivity contribution in [3.63, 3.8) is 0 Å². The number of urea groups is 1. The molecule has 0 aromatic heterocycles. The van der Waals surface area contributed by atoms with Crippen LogP contribution in [0.15, 0.2) is 18.2 Å². The van der Waals surface area contributed by atoms with Crippen LogP contribution in [0.3, 0.4) is 0 Å². The van der Waals surface area contributed by atoms with Crippen molar-refractivity contribution >= 4 is 11.7 Å². The number of aliphatic hydroxyl groups is 1. The Bertz CT molecular complexity index is 382. The van der Waals surface area contributed by atoms with Gasteiger partial charge < -0.3 is 15.7 Å². The zero-order valence-corrected chi connectivity index (χ0v) is 9.25. The molecule has 4 nitrogen and oxygen atoms in total. The second kappa shape index (κ2) is 5.46. The Hall–Kier alpha value is -1.62. The van der Waals surface area contributed by atoms with Crippen LogP contribution >= 0.6 is 0 Å². The summed E-state index contributed by atoms with van der Waals surface area (Å²) in [6, 6.07) is 3.37. The Labute approximate surface area is 93.5 Å². The third kappa shape index (κ3) is 3.51. The quantitative estimate of drug-likeness (QED) is 0.733. The Morgan fingerprint density at radius 2 is 2.25 bits per heavy atom. The van der Waals surface area contributed by atoms with Crippen LogP contribution in [-0.4, -0.2) is 23.8 Å². The van der Waals surface area contributed by atoms with Crippen LogP contribution in [0.1, 0.15) is 12.5 Å². The van der Waals surface area contributed by atoms with E-state index in [1.54, 1.807) is 13.8 Å². The van der Waals surface area contributed by atoms with E-state index in [4.69, 9.17) is 5.11 Å². The maximum atomic E-state index is 12.8. The molecule has 0 saturated carbocycles. The Kier molecular flexibility index (Phi) is 4.25. The van der Waals surface area contributed by atoms with Gasteiger partial charge in [0.15, 0.2) is 0 Å². The zero-order valence-electron chi connectivity index (χ0n) is 9.25. The SMILES string of the molecule is Cc1cc(F)ccc1NC(=O)N[C@@H](C)CO. The van der Waals surface area contributed by atoms with E-state index < -0.39 is 6.03 Å². The van der Waals surface area contributed by atoms with Gasteiger partial charge in [-0.1, -0.05) is 0 Å². The van der Waals surface area contributed by atoms with Crippen LogP contribution in [0.5, 0.6) is 0 Å². The summed E-state index contributed by atoms with van der Waals surface area (Å²) in [5.41, 5.74) is 1.19. The summed E-state index contributed by atoms with van der Waals surface area (Å²) in [7, 11) is 0. The van der Waals surface area contributed by atoms with Gasteiger partial charge in [0, 0.05) is 5.69 Å². The molecule has 2 amide bonds. The second-order valence-corrected chi connectivity index (χ2v) is 3.64. The molecule has 1 aromatic carbocycles. The lowest BCUT2D eigenvalue weighted by Crippen LogP contribution is -2.38. The lowest BCUT2D eigenvalue weighted by Gasteiger charge is -2.13. The van der Waals surface area contributed by atoms with Crippen molar-refractivity contribution in [2.24, 2.45) is 0 Å². The minimum Gasteiger partial charge on any atom is -0.394 e. The summed E-state index contributed by atoms with van der Waals surface area (Å²) in [5, 5.41) is 13.8. The first-order valence-electron chi connectivity index (χ1n) is 4.97. The molecule has 88 valence electrons. The molecule has 3 N–H and O–H groups in total. The highest BCUT2D eigenvalue weighted by molar-refractivity contribution is 5.90. The Balaban J connectivity index is 2.63. The number of hydrogen-bond acceptors (Lipinski definition) is 2. The van der Waals surface area contributed by atoms with Gasteiger partial charge in [0.2, 0.25) is 0 Å². The minimum atomic E-state index is -0.420. The van der Waals surface area contributed by atoms with Crippen molar-refractivity contribution < 1.29 is 14.3 Å². The van der Waals surface area contributed by atoms with Crippen molar-refractivity contribution in [2.45, 2.75) is 19.9 Å². The Morgan fingerprint density at radius 3 is 2.81 bits per heavy atom. The lowest BCUT2D eigenvalue weighted by atomic mass is 10.2. The molecule has 16 heavy (non-hydrogen) atoms. The average Bonchev–Trinajstić information content (AvgIpc) is 2.22. The van der Waals surface area contributed by atoms with Crippen molar-refractivity contribution in [3.05, 3.63) is 29.6 Å². The largest absolute Gasteiger partial charge is 0.394 e. The highest BCUT2D eigenvalue weighted by Crippen LogP contribution is 2.15. The van der Waals surface area contributed by atoms with E-state index >= 15 is 0 Å². The van der Waals surface area contributed by atoms with Crippen LogP contribution in [0.25, 0.3) is 0 Å². The van der Waals surface area contributed by atoms with Crippen LogP contribution in [0.2, 0.25) is 0 Å². The number of benzene rings is 1. The van der Waals surface area contributed by atoms with Crippen LogP contribution in [0, 0.1) is 12.7 Å². The van der Waals surface area contributed by atoms with E-state index in [0.29, 0.717) is 11.3 Å². The molecule has 0 fully saturated rings. The fraction of sp³-hybridized carbons (Fsp3) is 0.364. The summed E-state index contributed by atoms with van der Waals surface area (Å²) in [4.78, 5) is 11.4. The van der Waals surface area contributed by atoms with Crippen LogP contribution < -0.4 is 10.6 Å². The molecule has 0 aliphatic heterocycles. The second-order valence-electron chi connectivity index (χ2n) is 3.64. The number of halogens is 1. The Morgan fingerprint density at radius 1 is 1.56 bits per heavy atom. The molecule has 1 aromatic rings.